The summed E-state index contributed by atoms with van der Waals surface area (Å²) in [5, 5.41) is 0. The Labute approximate surface area is 106 Å². The highest BCUT2D eigenvalue weighted by atomic mass is 15.4. The summed E-state index contributed by atoms with van der Waals surface area (Å²) in [6, 6.07) is 0. The maximum atomic E-state index is 5.56. The van der Waals surface area contributed by atoms with Crippen LogP contribution in [0.3, 0.4) is 0 Å². The number of nitrogens with one attached hydrogen (secondary N) is 1. The number of aliphatic imine (C=N–C) groups is 1. The summed E-state index contributed by atoms with van der Waals surface area (Å²) in [7, 11) is 0. The molecule has 0 saturated carbocycles. The van der Waals surface area contributed by atoms with Crippen LogP contribution in [0, 0.1) is 5.41 Å². The molecular weight excluding hydrogens is 212 g/mol. The molecule has 0 amide bonds. The van der Waals surface area contributed by atoms with Crippen LogP contribution in [-0.4, -0.2) is 30.5 Å². The second-order valence-corrected chi connectivity index (χ2v) is 5.35. The summed E-state index contributed by atoms with van der Waals surface area (Å²) in [4.78, 5) is 6.82. The summed E-state index contributed by atoms with van der Waals surface area (Å²) in [6.45, 7) is 9.86. The van der Waals surface area contributed by atoms with Gasteiger partial charge < -0.3 is 4.90 Å². The third-order valence-corrected chi connectivity index (χ3v) is 4.03. The third kappa shape index (κ3) is 4.19. The lowest BCUT2D eigenvalue weighted by Crippen LogP contribution is -2.49. The van der Waals surface area contributed by atoms with E-state index in [1.807, 2.05) is 0 Å². The van der Waals surface area contributed by atoms with Crippen molar-refractivity contribution in [2.45, 2.75) is 52.9 Å². The average molecular weight is 240 g/mol. The van der Waals surface area contributed by atoms with Gasteiger partial charge in [0.2, 0.25) is 5.96 Å². The van der Waals surface area contributed by atoms with E-state index in [-0.39, 0.29) is 0 Å². The number of unbranched alkanes of at least 4 members (excludes halogenated alkanes) is 1. The van der Waals surface area contributed by atoms with Gasteiger partial charge in [-0.15, -0.1) is 0 Å². The summed E-state index contributed by atoms with van der Waals surface area (Å²) in [5.41, 5.74) is 3.27. The van der Waals surface area contributed by atoms with Gasteiger partial charge in [-0.25, -0.2) is 5.84 Å². The lowest BCUT2D eigenvalue weighted by Gasteiger charge is -2.39. The monoisotopic (exact) mass is 240 g/mol. The maximum absolute atomic E-state index is 5.56. The zero-order valence-electron chi connectivity index (χ0n) is 11.6. The zero-order valence-corrected chi connectivity index (χ0v) is 11.6. The van der Waals surface area contributed by atoms with Crippen LogP contribution in [0.5, 0.6) is 0 Å². The second kappa shape index (κ2) is 6.84. The van der Waals surface area contributed by atoms with Crippen molar-refractivity contribution in [3.05, 3.63) is 0 Å². The largest absolute Gasteiger partial charge is 0.342 e. The Morgan fingerprint density at radius 3 is 2.47 bits per heavy atom. The second-order valence-electron chi connectivity index (χ2n) is 5.35. The van der Waals surface area contributed by atoms with Crippen LogP contribution in [0.2, 0.25) is 0 Å². The molecule has 0 aliphatic carbocycles. The topological polar surface area (TPSA) is 53.6 Å². The van der Waals surface area contributed by atoms with Gasteiger partial charge in [-0.2, -0.15) is 0 Å². The first kappa shape index (κ1) is 14.3. The van der Waals surface area contributed by atoms with Crippen molar-refractivity contribution in [2.24, 2.45) is 16.3 Å². The molecule has 4 nitrogen and oxygen atoms in total. The molecule has 0 atom stereocenters. The SMILES string of the molecule is CCCCN=C(NN)N1CCC(C)(CC)CC1. The summed E-state index contributed by atoms with van der Waals surface area (Å²) < 4.78 is 0. The van der Waals surface area contributed by atoms with E-state index in [0.717, 1.165) is 32.0 Å². The van der Waals surface area contributed by atoms with E-state index >= 15 is 0 Å². The lowest BCUT2D eigenvalue weighted by molar-refractivity contribution is 0.159. The molecule has 17 heavy (non-hydrogen) atoms. The van der Waals surface area contributed by atoms with Gasteiger partial charge in [0.15, 0.2) is 0 Å². The van der Waals surface area contributed by atoms with Gasteiger partial charge in [-0.05, 0) is 24.7 Å². The van der Waals surface area contributed by atoms with E-state index in [1.54, 1.807) is 0 Å². The number of hydrogen-bond acceptors (Lipinski definition) is 2. The van der Waals surface area contributed by atoms with Crippen LogP contribution in [0.25, 0.3) is 0 Å². The van der Waals surface area contributed by atoms with E-state index in [9.17, 15) is 0 Å². The number of nitrogens with two attached hydrogens (primary N) is 1. The molecule has 1 saturated heterocycles. The van der Waals surface area contributed by atoms with Gasteiger partial charge in [-0.3, -0.25) is 10.4 Å². The predicted octanol–water partition coefficient (Wildman–Crippen LogP) is 2.12. The summed E-state index contributed by atoms with van der Waals surface area (Å²) >= 11 is 0. The molecule has 0 bridgehead atoms. The molecule has 0 aromatic heterocycles. The lowest BCUT2D eigenvalue weighted by atomic mass is 9.78. The average Bonchev–Trinajstić information content (AvgIpc) is 2.36. The van der Waals surface area contributed by atoms with E-state index in [1.165, 1.54) is 25.7 Å². The minimum atomic E-state index is 0.514. The minimum absolute atomic E-state index is 0.514. The highest BCUT2D eigenvalue weighted by Crippen LogP contribution is 2.33. The van der Waals surface area contributed by atoms with E-state index in [2.05, 4.69) is 36.1 Å². The molecule has 1 rings (SSSR count). The van der Waals surface area contributed by atoms with Crippen LogP contribution in [-0.2, 0) is 0 Å². The van der Waals surface area contributed by atoms with Crippen LogP contribution < -0.4 is 11.3 Å². The van der Waals surface area contributed by atoms with E-state index in [4.69, 9.17) is 5.84 Å². The Balaban J connectivity index is 2.47. The molecule has 0 unspecified atom stereocenters. The Morgan fingerprint density at radius 2 is 2.00 bits per heavy atom. The Kier molecular flexibility index (Phi) is 5.75. The first-order chi connectivity index (χ1) is 8.15. The van der Waals surface area contributed by atoms with E-state index in [0.29, 0.717) is 5.41 Å². The highest BCUT2D eigenvalue weighted by molar-refractivity contribution is 5.79. The first-order valence-corrected chi connectivity index (χ1v) is 6.91. The molecule has 1 aliphatic rings. The smallest absolute Gasteiger partial charge is 0.208 e. The van der Waals surface area contributed by atoms with Crippen molar-refractivity contribution >= 4 is 5.96 Å². The van der Waals surface area contributed by atoms with Crippen LogP contribution >= 0.6 is 0 Å². The third-order valence-electron chi connectivity index (χ3n) is 4.03. The molecule has 1 fully saturated rings. The molecular formula is C13H28N4. The minimum Gasteiger partial charge on any atom is -0.342 e. The van der Waals surface area contributed by atoms with Crippen molar-refractivity contribution in [1.29, 1.82) is 0 Å². The number of piperidine rings is 1. The van der Waals surface area contributed by atoms with Crippen LogP contribution in [0.4, 0.5) is 0 Å². The van der Waals surface area contributed by atoms with Gasteiger partial charge >= 0.3 is 0 Å². The van der Waals surface area contributed by atoms with Crippen molar-refractivity contribution in [2.75, 3.05) is 19.6 Å². The van der Waals surface area contributed by atoms with Gasteiger partial charge in [0, 0.05) is 19.6 Å². The molecule has 0 spiro atoms. The summed E-state index contributed by atoms with van der Waals surface area (Å²) in [5.74, 6) is 6.44. The number of likely N-dealkylation sites (tertiary alicyclic amines) is 1. The fraction of sp³-hybridized carbons (Fsp3) is 0.923. The highest BCUT2D eigenvalue weighted by Gasteiger charge is 2.29. The Hall–Kier alpha value is -0.770. The molecule has 0 aromatic carbocycles. The van der Waals surface area contributed by atoms with Crippen molar-refractivity contribution in [3.63, 3.8) is 0 Å². The Morgan fingerprint density at radius 1 is 1.35 bits per heavy atom. The van der Waals surface area contributed by atoms with Gasteiger partial charge in [-0.1, -0.05) is 33.6 Å². The van der Waals surface area contributed by atoms with Crippen LogP contribution in [0.1, 0.15) is 52.9 Å². The molecule has 1 heterocycles. The number of nitrogens with zero attached hydrogens (tertiary/aromatic N) is 2. The predicted molar refractivity (Wildman–Crippen MR) is 73.7 cm³/mol. The molecule has 3 N–H and O–H groups in total. The Bertz CT molecular complexity index is 242. The number of rotatable bonds is 4. The van der Waals surface area contributed by atoms with Gasteiger partial charge in [0.05, 0.1) is 0 Å². The van der Waals surface area contributed by atoms with Crippen molar-refractivity contribution in [3.8, 4) is 0 Å². The standard InChI is InChI=1S/C13H28N4/c1-4-6-9-15-12(16-14)17-10-7-13(3,5-2)8-11-17/h4-11,14H2,1-3H3,(H,15,16). The fourth-order valence-corrected chi connectivity index (χ4v) is 2.19. The maximum Gasteiger partial charge on any atom is 0.208 e. The number of hydrazine groups is 1. The molecule has 0 aromatic rings. The molecule has 4 heteroatoms. The molecule has 0 radical (unpaired) electrons. The van der Waals surface area contributed by atoms with E-state index < -0.39 is 0 Å². The number of guanidine groups is 1. The van der Waals surface area contributed by atoms with Crippen LogP contribution in [0.15, 0.2) is 4.99 Å². The zero-order chi connectivity index (χ0) is 12.7. The quantitative estimate of drug-likeness (QED) is 0.260. The van der Waals surface area contributed by atoms with Crippen molar-refractivity contribution < 1.29 is 0 Å². The van der Waals surface area contributed by atoms with Crippen molar-refractivity contribution in [1.82, 2.24) is 10.3 Å². The van der Waals surface area contributed by atoms with Gasteiger partial charge in [0.25, 0.3) is 0 Å². The van der Waals surface area contributed by atoms with Gasteiger partial charge in [0.1, 0.15) is 0 Å². The molecule has 100 valence electrons. The summed E-state index contributed by atoms with van der Waals surface area (Å²) in [6.07, 6.45) is 6.04. The number of hydrogen-bond donors (Lipinski definition) is 2. The fourth-order valence-electron chi connectivity index (χ4n) is 2.19. The molecule has 1 aliphatic heterocycles. The normalized spacial score (nSPS) is 20.5. The first-order valence-electron chi connectivity index (χ1n) is 6.91.